The van der Waals surface area contributed by atoms with Gasteiger partial charge in [0.15, 0.2) is 0 Å². The number of hydrogen-bond acceptors (Lipinski definition) is 1. The lowest BCUT2D eigenvalue weighted by atomic mass is 10.1. The highest BCUT2D eigenvalue weighted by molar-refractivity contribution is 6.83. The minimum Gasteiger partial charge on any atom is -0.389 e. The topological polar surface area (TPSA) is 20.2 Å². The predicted octanol–water partition coefficient (Wildman–Crippen LogP) is 2.34. The van der Waals surface area contributed by atoms with Gasteiger partial charge in [0.2, 0.25) is 0 Å². The van der Waals surface area contributed by atoms with Crippen molar-refractivity contribution in [1.29, 1.82) is 0 Å². The first-order valence-corrected chi connectivity index (χ1v) is 7.90. The molecule has 0 aliphatic heterocycles. The van der Waals surface area contributed by atoms with Crippen molar-refractivity contribution in [3.63, 3.8) is 0 Å². The van der Waals surface area contributed by atoms with Crippen LogP contribution >= 0.6 is 0 Å². The van der Waals surface area contributed by atoms with E-state index in [2.05, 4.69) is 25.7 Å². The fourth-order valence-corrected chi connectivity index (χ4v) is 3.57. The second kappa shape index (κ2) is 3.11. The van der Waals surface area contributed by atoms with E-state index < -0.39 is 8.07 Å². The smallest absolute Gasteiger partial charge is 0.0753 e. The van der Waals surface area contributed by atoms with E-state index in [0.29, 0.717) is 0 Å². The van der Waals surface area contributed by atoms with Gasteiger partial charge < -0.3 is 5.11 Å². The Morgan fingerprint density at radius 3 is 2.45 bits per heavy atom. The Morgan fingerprint density at radius 1 is 1.45 bits per heavy atom. The van der Waals surface area contributed by atoms with E-state index in [0.717, 1.165) is 12.8 Å². The van der Waals surface area contributed by atoms with Gasteiger partial charge >= 0.3 is 0 Å². The zero-order valence-corrected chi connectivity index (χ0v) is 8.72. The van der Waals surface area contributed by atoms with E-state index in [9.17, 15) is 5.11 Å². The van der Waals surface area contributed by atoms with Gasteiger partial charge in [0.1, 0.15) is 0 Å². The molecular weight excluding hydrogens is 152 g/mol. The largest absolute Gasteiger partial charge is 0.389 e. The second-order valence-electron chi connectivity index (χ2n) is 4.36. The third-order valence-corrected chi connectivity index (χ3v) is 4.54. The van der Waals surface area contributed by atoms with Crippen LogP contribution in [0.15, 0.2) is 11.3 Å². The maximum Gasteiger partial charge on any atom is 0.0753 e. The van der Waals surface area contributed by atoms with Crippen molar-refractivity contribution in [1.82, 2.24) is 0 Å². The molecule has 1 nitrogen and oxygen atoms in total. The lowest BCUT2D eigenvalue weighted by Gasteiger charge is -2.28. The Morgan fingerprint density at radius 2 is 2.09 bits per heavy atom. The van der Waals surface area contributed by atoms with Crippen LogP contribution in [-0.2, 0) is 0 Å². The highest BCUT2D eigenvalue weighted by atomic mass is 28.3. The Bertz CT molecular complexity index is 167. The van der Waals surface area contributed by atoms with Crippen LogP contribution in [0.25, 0.3) is 0 Å². The lowest BCUT2D eigenvalue weighted by Crippen LogP contribution is -2.33. The summed E-state index contributed by atoms with van der Waals surface area (Å²) in [6.45, 7) is 6.90. The van der Waals surface area contributed by atoms with E-state index in [-0.39, 0.29) is 6.10 Å². The van der Waals surface area contributed by atoms with Crippen molar-refractivity contribution in [2.45, 2.75) is 45.0 Å². The molecule has 0 spiro atoms. The first-order chi connectivity index (χ1) is 5.02. The van der Waals surface area contributed by atoms with E-state index in [1.165, 1.54) is 11.6 Å². The molecule has 0 aromatic rings. The molecule has 0 radical (unpaired) electrons. The van der Waals surface area contributed by atoms with Crippen LogP contribution in [0.3, 0.4) is 0 Å². The summed E-state index contributed by atoms with van der Waals surface area (Å²) in [5, 5.41) is 11.0. The van der Waals surface area contributed by atoms with Crippen molar-refractivity contribution < 1.29 is 5.11 Å². The first kappa shape index (κ1) is 9.01. The van der Waals surface area contributed by atoms with Crippen LogP contribution in [0.4, 0.5) is 0 Å². The van der Waals surface area contributed by atoms with Crippen molar-refractivity contribution in [2.75, 3.05) is 0 Å². The van der Waals surface area contributed by atoms with E-state index in [4.69, 9.17) is 0 Å². The fraction of sp³-hybridized carbons (Fsp3) is 0.778. The quantitative estimate of drug-likeness (QED) is 0.599. The molecule has 0 saturated heterocycles. The summed E-state index contributed by atoms with van der Waals surface area (Å²) in [6.07, 6.45) is 5.47. The van der Waals surface area contributed by atoms with Gasteiger partial charge in [0.05, 0.1) is 14.2 Å². The average molecular weight is 170 g/mol. The summed E-state index contributed by atoms with van der Waals surface area (Å²) in [5.74, 6) is 0. The van der Waals surface area contributed by atoms with Gasteiger partial charge in [-0.1, -0.05) is 30.9 Å². The zero-order chi connectivity index (χ0) is 8.48. The molecule has 1 rings (SSSR count). The zero-order valence-electron chi connectivity index (χ0n) is 7.72. The normalized spacial score (nSPS) is 26.5. The molecule has 0 heterocycles. The molecule has 0 aromatic heterocycles. The molecule has 1 N–H and O–H groups in total. The van der Waals surface area contributed by atoms with Crippen LogP contribution < -0.4 is 0 Å². The molecule has 0 saturated carbocycles. The molecule has 1 aliphatic rings. The molecule has 1 aliphatic carbocycles. The summed E-state index contributed by atoms with van der Waals surface area (Å²) < 4.78 is 0. The van der Waals surface area contributed by atoms with Crippen LogP contribution in [0.2, 0.25) is 19.6 Å². The summed E-state index contributed by atoms with van der Waals surface area (Å²) in [7, 11) is -1.21. The van der Waals surface area contributed by atoms with Crippen molar-refractivity contribution in [3.05, 3.63) is 11.3 Å². The molecule has 0 amide bonds. The van der Waals surface area contributed by atoms with Crippen LogP contribution in [0.1, 0.15) is 19.3 Å². The van der Waals surface area contributed by atoms with Crippen LogP contribution in [-0.4, -0.2) is 19.3 Å². The highest BCUT2D eigenvalue weighted by Crippen LogP contribution is 2.26. The number of aliphatic hydroxyl groups excluding tert-OH is 1. The summed E-state index contributed by atoms with van der Waals surface area (Å²) in [5.41, 5.74) is 0. The molecule has 11 heavy (non-hydrogen) atoms. The molecular formula is C9H18OSi. The number of rotatable bonds is 1. The Kier molecular flexibility index (Phi) is 2.55. The van der Waals surface area contributed by atoms with Crippen LogP contribution in [0, 0.1) is 0 Å². The van der Waals surface area contributed by atoms with E-state index in [1.54, 1.807) is 0 Å². The minimum atomic E-state index is -1.21. The van der Waals surface area contributed by atoms with Crippen molar-refractivity contribution in [2.24, 2.45) is 0 Å². The summed E-state index contributed by atoms with van der Waals surface area (Å²) >= 11 is 0. The minimum absolute atomic E-state index is 0.115. The Labute approximate surface area is 70.1 Å². The van der Waals surface area contributed by atoms with Crippen LogP contribution in [0.5, 0.6) is 0 Å². The molecule has 0 aromatic carbocycles. The average Bonchev–Trinajstić information content (AvgIpc) is 1.86. The molecule has 64 valence electrons. The highest BCUT2D eigenvalue weighted by Gasteiger charge is 2.26. The van der Waals surface area contributed by atoms with E-state index >= 15 is 0 Å². The molecule has 2 heteroatoms. The lowest BCUT2D eigenvalue weighted by molar-refractivity contribution is 0.198. The van der Waals surface area contributed by atoms with Crippen molar-refractivity contribution in [3.8, 4) is 0 Å². The van der Waals surface area contributed by atoms with Gasteiger partial charge in [-0.05, 0) is 19.3 Å². The predicted molar refractivity (Wildman–Crippen MR) is 51.3 cm³/mol. The molecule has 1 atom stereocenters. The molecule has 0 fully saturated rings. The SMILES string of the molecule is C[Si](C)(C)C1=CCCCC1O. The Balaban J connectivity index is 2.76. The third-order valence-electron chi connectivity index (χ3n) is 2.27. The number of allylic oxidation sites excluding steroid dienone is 1. The number of aliphatic hydroxyl groups is 1. The third kappa shape index (κ3) is 2.17. The molecule has 0 bridgehead atoms. The first-order valence-electron chi connectivity index (χ1n) is 4.40. The second-order valence-corrected chi connectivity index (χ2v) is 9.43. The summed E-state index contributed by atoms with van der Waals surface area (Å²) in [6, 6.07) is 0. The van der Waals surface area contributed by atoms with Gasteiger partial charge in [-0.15, -0.1) is 0 Å². The Hall–Kier alpha value is -0.0831. The van der Waals surface area contributed by atoms with Crippen molar-refractivity contribution >= 4 is 8.07 Å². The molecule has 1 unspecified atom stereocenters. The van der Waals surface area contributed by atoms with Gasteiger partial charge in [0.25, 0.3) is 0 Å². The van der Waals surface area contributed by atoms with Gasteiger partial charge in [-0.3, -0.25) is 0 Å². The maximum atomic E-state index is 9.67. The number of hydrogen-bond donors (Lipinski definition) is 1. The van der Waals surface area contributed by atoms with Gasteiger partial charge in [-0.25, -0.2) is 0 Å². The monoisotopic (exact) mass is 170 g/mol. The van der Waals surface area contributed by atoms with E-state index in [1.807, 2.05) is 0 Å². The van der Waals surface area contributed by atoms with Gasteiger partial charge in [-0.2, -0.15) is 0 Å². The maximum absolute atomic E-state index is 9.67. The summed E-state index contributed by atoms with van der Waals surface area (Å²) in [4.78, 5) is 0. The van der Waals surface area contributed by atoms with Gasteiger partial charge in [0, 0.05) is 0 Å². The standard InChI is InChI=1S/C9H18OSi/c1-11(2,3)9-7-5-4-6-8(9)10/h7-8,10H,4-6H2,1-3H3. The fourth-order valence-electron chi connectivity index (χ4n) is 1.67.